The largest absolute Gasteiger partial charge is 0.456 e. The summed E-state index contributed by atoms with van der Waals surface area (Å²) in [6.45, 7) is 5.01. The fraction of sp³-hybridized carbons (Fsp3) is 0.412. The van der Waals surface area contributed by atoms with E-state index in [1.165, 1.54) is 37.2 Å². The van der Waals surface area contributed by atoms with Gasteiger partial charge < -0.3 is 9.64 Å². The lowest BCUT2D eigenvalue weighted by atomic mass is 10.1. The maximum atomic E-state index is 12.5. The molecule has 1 aromatic rings. The van der Waals surface area contributed by atoms with Crippen molar-refractivity contribution >= 4 is 29.1 Å². The van der Waals surface area contributed by atoms with E-state index in [-0.39, 0.29) is 21.8 Å². The van der Waals surface area contributed by atoms with Gasteiger partial charge >= 0.3 is 12.1 Å². The third kappa shape index (κ3) is 6.08. The summed E-state index contributed by atoms with van der Waals surface area (Å²) in [4.78, 5) is 24.7. The van der Waals surface area contributed by atoms with Crippen molar-refractivity contribution in [2.75, 3.05) is 14.1 Å². The molecule has 25 heavy (non-hydrogen) atoms. The summed E-state index contributed by atoms with van der Waals surface area (Å²) in [5, 5.41) is 0.0817. The Hall–Kier alpha value is -2.02. The van der Waals surface area contributed by atoms with E-state index in [1.807, 2.05) is 0 Å². The molecule has 0 aliphatic rings. The molecule has 0 bridgehead atoms. The van der Waals surface area contributed by atoms with Crippen LogP contribution in [-0.4, -0.2) is 42.5 Å². The van der Waals surface area contributed by atoms with Crippen LogP contribution in [0.1, 0.15) is 36.7 Å². The zero-order valence-electron chi connectivity index (χ0n) is 14.4. The Labute approximate surface area is 149 Å². The van der Waals surface area contributed by atoms with Gasteiger partial charge in [-0.05, 0) is 38.5 Å². The van der Waals surface area contributed by atoms with E-state index in [2.05, 4.69) is 0 Å². The van der Waals surface area contributed by atoms with Crippen LogP contribution in [0.4, 0.5) is 13.2 Å². The van der Waals surface area contributed by atoms with Crippen LogP contribution in [0.15, 0.2) is 18.2 Å². The molecule has 4 nitrogen and oxygen atoms in total. The van der Waals surface area contributed by atoms with Gasteiger partial charge in [-0.3, -0.25) is 4.79 Å². The molecule has 1 aromatic carbocycles. The van der Waals surface area contributed by atoms with Crippen molar-refractivity contribution in [2.24, 2.45) is 0 Å². The predicted octanol–water partition coefficient (Wildman–Crippen LogP) is 4.13. The lowest BCUT2D eigenvalue weighted by Crippen LogP contribution is -2.24. The number of ketones is 1. The second kappa shape index (κ2) is 7.47. The molecule has 0 fully saturated rings. The molecule has 0 saturated carbocycles. The average molecular weight is 377 g/mol. The SMILES string of the molecule is CN(C)/C(=[C]\C(=O)C(F)(F)F)c1ccc(Cl)c(C(=O)OC(C)(C)C)c1. The van der Waals surface area contributed by atoms with Crippen molar-refractivity contribution < 1.29 is 27.5 Å². The van der Waals surface area contributed by atoms with Gasteiger partial charge in [0.1, 0.15) is 5.60 Å². The first-order valence-electron chi connectivity index (χ1n) is 7.18. The molecule has 1 radical (unpaired) electrons. The number of nitrogens with zero attached hydrogens (tertiary/aromatic N) is 1. The van der Waals surface area contributed by atoms with Gasteiger partial charge in [-0.2, -0.15) is 13.2 Å². The van der Waals surface area contributed by atoms with Crippen LogP contribution in [0, 0.1) is 6.08 Å². The number of halogens is 4. The highest BCUT2D eigenvalue weighted by Gasteiger charge is 2.37. The maximum Gasteiger partial charge on any atom is 0.454 e. The first kappa shape index (κ1) is 21.0. The minimum atomic E-state index is -5.04. The molecule has 0 aliphatic carbocycles. The van der Waals surface area contributed by atoms with Crippen LogP contribution in [0.2, 0.25) is 5.02 Å². The van der Waals surface area contributed by atoms with E-state index >= 15 is 0 Å². The van der Waals surface area contributed by atoms with Crippen LogP contribution < -0.4 is 0 Å². The molecular formula is C17H18ClF3NO3. The van der Waals surface area contributed by atoms with Gasteiger partial charge in [-0.25, -0.2) is 4.79 Å². The topological polar surface area (TPSA) is 46.6 Å². The van der Waals surface area contributed by atoms with Crippen molar-refractivity contribution in [3.8, 4) is 0 Å². The smallest absolute Gasteiger partial charge is 0.454 e. The van der Waals surface area contributed by atoms with E-state index < -0.39 is 23.5 Å². The number of allylic oxidation sites excluding steroid dienone is 1. The lowest BCUT2D eigenvalue weighted by Gasteiger charge is -2.21. The predicted molar refractivity (Wildman–Crippen MR) is 88.0 cm³/mol. The van der Waals surface area contributed by atoms with E-state index in [0.717, 1.165) is 0 Å². The van der Waals surface area contributed by atoms with Crippen LogP contribution in [0.3, 0.4) is 0 Å². The third-order valence-corrected chi connectivity index (χ3v) is 3.12. The van der Waals surface area contributed by atoms with E-state index in [4.69, 9.17) is 16.3 Å². The normalized spacial score (nSPS) is 12.8. The Morgan fingerprint density at radius 3 is 2.16 bits per heavy atom. The Morgan fingerprint density at radius 1 is 1.16 bits per heavy atom. The highest BCUT2D eigenvalue weighted by Crippen LogP contribution is 2.27. The van der Waals surface area contributed by atoms with Gasteiger partial charge in [-0.1, -0.05) is 17.7 Å². The fourth-order valence-electron chi connectivity index (χ4n) is 1.78. The Bertz CT molecular complexity index is 704. The molecule has 0 aliphatic heterocycles. The zero-order valence-corrected chi connectivity index (χ0v) is 15.2. The van der Waals surface area contributed by atoms with Crippen molar-refractivity contribution in [2.45, 2.75) is 32.5 Å². The summed E-state index contributed by atoms with van der Waals surface area (Å²) in [6.07, 6.45) is -3.25. The van der Waals surface area contributed by atoms with Gasteiger partial charge in [0.25, 0.3) is 5.78 Å². The highest BCUT2D eigenvalue weighted by atomic mass is 35.5. The number of hydrogen-bond donors (Lipinski definition) is 0. The van der Waals surface area contributed by atoms with Gasteiger partial charge in [-0.15, -0.1) is 0 Å². The Balaban J connectivity index is 3.36. The van der Waals surface area contributed by atoms with Crippen molar-refractivity contribution in [3.63, 3.8) is 0 Å². The second-order valence-corrected chi connectivity index (χ2v) is 6.80. The van der Waals surface area contributed by atoms with Crippen LogP contribution in [0.25, 0.3) is 5.70 Å². The number of esters is 1. The second-order valence-electron chi connectivity index (χ2n) is 6.39. The van der Waals surface area contributed by atoms with Crippen LogP contribution in [0.5, 0.6) is 0 Å². The summed E-state index contributed by atoms with van der Waals surface area (Å²) >= 11 is 5.99. The summed E-state index contributed by atoms with van der Waals surface area (Å²) in [5.74, 6) is -2.84. The van der Waals surface area contributed by atoms with Crippen molar-refractivity contribution in [1.82, 2.24) is 4.90 Å². The standard InChI is InChI=1S/C17H18ClF3NO3/c1-16(2,3)25-15(24)11-8-10(6-7-12(11)18)13(22(4)5)9-14(23)17(19,20)21/h6-8H,1-5H3. The molecule has 0 atom stereocenters. The first-order valence-corrected chi connectivity index (χ1v) is 7.56. The Kier molecular flexibility index (Phi) is 6.28. The molecule has 0 N–H and O–H groups in total. The minimum absolute atomic E-state index is 0.0188. The number of benzene rings is 1. The molecule has 1 rings (SSSR count). The van der Waals surface area contributed by atoms with E-state index in [1.54, 1.807) is 26.8 Å². The fourth-order valence-corrected chi connectivity index (χ4v) is 1.98. The third-order valence-electron chi connectivity index (χ3n) is 2.80. The van der Waals surface area contributed by atoms with E-state index in [0.29, 0.717) is 0 Å². The maximum absolute atomic E-state index is 12.5. The van der Waals surface area contributed by atoms with Crippen LogP contribution in [-0.2, 0) is 9.53 Å². The molecule has 0 spiro atoms. The lowest BCUT2D eigenvalue weighted by molar-refractivity contribution is -0.166. The molecule has 8 heteroatoms. The number of Topliss-reactive ketones (excluding diaryl/α,β-unsaturated/α-hetero) is 1. The monoisotopic (exact) mass is 376 g/mol. The summed E-state index contributed by atoms with van der Waals surface area (Å²) in [6, 6.07) is 4.00. The van der Waals surface area contributed by atoms with Gasteiger partial charge in [0, 0.05) is 14.1 Å². The molecule has 0 aromatic heterocycles. The molecule has 0 saturated heterocycles. The highest BCUT2D eigenvalue weighted by molar-refractivity contribution is 6.33. The van der Waals surface area contributed by atoms with Crippen LogP contribution >= 0.6 is 11.6 Å². The Morgan fingerprint density at radius 2 is 1.72 bits per heavy atom. The number of alkyl halides is 3. The number of hydrogen-bond acceptors (Lipinski definition) is 4. The van der Waals surface area contributed by atoms with Gasteiger partial charge in [0.05, 0.1) is 22.4 Å². The number of rotatable bonds is 4. The first-order chi connectivity index (χ1) is 11.2. The average Bonchev–Trinajstić information content (AvgIpc) is 2.41. The molecule has 137 valence electrons. The summed E-state index contributed by atoms with van der Waals surface area (Å²) in [5.41, 5.74) is -0.749. The van der Waals surface area contributed by atoms with Crippen molar-refractivity contribution in [1.29, 1.82) is 0 Å². The molecular weight excluding hydrogens is 359 g/mol. The van der Waals surface area contributed by atoms with Crippen molar-refractivity contribution in [3.05, 3.63) is 40.4 Å². The minimum Gasteiger partial charge on any atom is -0.456 e. The van der Waals surface area contributed by atoms with Gasteiger partial charge in [0.15, 0.2) is 0 Å². The summed E-state index contributed by atoms with van der Waals surface area (Å²) in [7, 11) is 2.90. The number of carbonyl (C=O) groups is 2. The van der Waals surface area contributed by atoms with E-state index in [9.17, 15) is 22.8 Å². The van der Waals surface area contributed by atoms with Gasteiger partial charge in [0.2, 0.25) is 0 Å². The molecule has 0 amide bonds. The summed E-state index contributed by atoms with van der Waals surface area (Å²) < 4.78 is 42.7. The zero-order chi connectivity index (χ0) is 19.6. The number of ether oxygens (including phenoxy) is 1. The number of carbonyl (C=O) groups excluding carboxylic acids is 2. The molecule has 0 unspecified atom stereocenters. The quantitative estimate of drug-likeness (QED) is 0.585. The molecule has 0 heterocycles.